The third-order valence-electron chi connectivity index (χ3n) is 3.10. The molecule has 0 N–H and O–H groups in total. The Morgan fingerprint density at radius 2 is 2.19 bits per heavy atom. The molecule has 2 rings (SSSR count). The lowest BCUT2D eigenvalue weighted by Crippen LogP contribution is -2.25. The van der Waals surface area contributed by atoms with Crippen molar-refractivity contribution in [2.75, 3.05) is 13.4 Å². The van der Waals surface area contributed by atoms with Crippen molar-refractivity contribution in [2.24, 2.45) is 0 Å². The van der Waals surface area contributed by atoms with Crippen molar-refractivity contribution in [1.82, 2.24) is 9.55 Å². The molecule has 2 unspecified atom stereocenters. The van der Waals surface area contributed by atoms with E-state index < -0.39 is 6.04 Å². The first kappa shape index (κ1) is 16.2. The molecular weight excluding hydrogens is 331 g/mol. The molecular formula is C14H14Cl2N2O2S. The molecule has 2 atom stereocenters. The van der Waals surface area contributed by atoms with Gasteiger partial charge in [-0.2, -0.15) is 11.8 Å². The lowest BCUT2D eigenvalue weighted by atomic mass is 10.0. The minimum Gasteiger partial charge on any atom is -0.467 e. The van der Waals surface area contributed by atoms with Crippen LogP contribution >= 0.6 is 35.0 Å². The van der Waals surface area contributed by atoms with E-state index in [1.165, 1.54) is 18.9 Å². The van der Waals surface area contributed by atoms with Crippen molar-refractivity contribution in [3.63, 3.8) is 0 Å². The third kappa shape index (κ3) is 3.54. The fourth-order valence-corrected chi connectivity index (χ4v) is 3.67. The minimum atomic E-state index is -0.550. The summed E-state index contributed by atoms with van der Waals surface area (Å²) in [4.78, 5) is 16.2. The van der Waals surface area contributed by atoms with Crippen LogP contribution in [0.4, 0.5) is 0 Å². The number of carbonyl (C=O) groups excluding carboxylic acids is 1. The summed E-state index contributed by atoms with van der Waals surface area (Å²) < 4.78 is 6.65. The molecule has 1 aromatic heterocycles. The van der Waals surface area contributed by atoms with E-state index in [0.717, 1.165) is 5.56 Å². The van der Waals surface area contributed by atoms with E-state index in [1.807, 2.05) is 12.3 Å². The quantitative estimate of drug-likeness (QED) is 0.768. The second-order valence-corrected chi connectivity index (χ2v) is 6.12. The second-order valence-electron chi connectivity index (χ2n) is 4.30. The van der Waals surface area contributed by atoms with Gasteiger partial charge in [0.2, 0.25) is 0 Å². The highest BCUT2D eigenvalue weighted by Crippen LogP contribution is 2.41. The van der Waals surface area contributed by atoms with Crippen molar-refractivity contribution < 1.29 is 9.53 Å². The highest BCUT2D eigenvalue weighted by molar-refractivity contribution is 7.98. The molecule has 0 saturated carbocycles. The number of halogens is 2. The Hall–Kier alpha value is -1.17. The number of benzene rings is 1. The molecule has 1 aromatic carbocycles. The van der Waals surface area contributed by atoms with Crippen LogP contribution in [0.3, 0.4) is 0 Å². The molecule has 0 aliphatic heterocycles. The lowest BCUT2D eigenvalue weighted by Gasteiger charge is -2.25. The molecule has 112 valence electrons. The number of rotatable bonds is 5. The zero-order valence-corrected chi connectivity index (χ0v) is 13.8. The number of ether oxygens (including phenoxy) is 1. The highest BCUT2D eigenvalue weighted by Gasteiger charge is 2.32. The van der Waals surface area contributed by atoms with E-state index in [4.69, 9.17) is 27.9 Å². The number of thioether (sulfide) groups is 1. The summed E-state index contributed by atoms with van der Waals surface area (Å²) in [5.74, 6) is -0.349. The average Bonchev–Trinajstić information content (AvgIpc) is 2.98. The van der Waals surface area contributed by atoms with Gasteiger partial charge in [0.1, 0.15) is 6.04 Å². The Kier molecular flexibility index (Phi) is 5.56. The topological polar surface area (TPSA) is 44.1 Å². The van der Waals surface area contributed by atoms with Crippen molar-refractivity contribution in [1.29, 1.82) is 0 Å². The number of aromatic nitrogens is 2. The van der Waals surface area contributed by atoms with Crippen LogP contribution in [0, 0.1) is 0 Å². The number of hydrogen-bond acceptors (Lipinski definition) is 4. The summed E-state index contributed by atoms with van der Waals surface area (Å²) in [6, 6.07) is 4.71. The molecule has 0 spiro atoms. The second kappa shape index (κ2) is 7.20. The summed E-state index contributed by atoms with van der Waals surface area (Å²) >= 11 is 13.7. The summed E-state index contributed by atoms with van der Waals surface area (Å²) in [6.45, 7) is 0. The van der Waals surface area contributed by atoms with Crippen LogP contribution in [-0.4, -0.2) is 28.9 Å². The molecule has 21 heavy (non-hydrogen) atoms. The maximum absolute atomic E-state index is 12.2. The van der Waals surface area contributed by atoms with Gasteiger partial charge >= 0.3 is 5.97 Å². The molecule has 0 aliphatic carbocycles. The van der Waals surface area contributed by atoms with Gasteiger partial charge in [0.05, 0.1) is 18.7 Å². The fourth-order valence-electron chi connectivity index (χ4n) is 2.11. The molecule has 1 heterocycles. The number of imidazole rings is 1. The van der Waals surface area contributed by atoms with Gasteiger partial charge in [0, 0.05) is 22.4 Å². The maximum Gasteiger partial charge on any atom is 0.330 e. The summed E-state index contributed by atoms with van der Waals surface area (Å²) in [6.07, 6.45) is 6.86. The zero-order chi connectivity index (χ0) is 15.4. The number of nitrogens with zero attached hydrogens (tertiary/aromatic N) is 2. The van der Waals surface area contributed by atoms with Gasteiger partial charge in [0.15, 0.2) is 0 Å². The molecule has 0 fully saturated rings. The van der Waals surface area contributed by atoms with E-state index in [0.29, 0.717) is 10.0 Å². The Morgan fingerprint density at radius 1 is 1.43 bits per heavy atom. The highest BCUT2D eigenvalue weighted by atomic mass is 35.5. The SMILES string of the molecule is COC(=O)C(C(SC)c1ccc(Cl)cc1Cl)n1ccnc1. The molecule has 0 aliphatic rings. The van der Waals surface area contributed by atoms with Gasteiger partial charge in [-0.15, -0.1) is 0 Å². The summed E-state index contributed by atoms with van der Waals surface area (Å²) in [5.41, 5.74) is 0.831. The first-order valence-corrected chi connectivity index (χ1v) is 8.16. The Labute approximate surface area is 137 Å². The van der Waals surface area contributed by atoms with Crippen LogP contribution in [0.5, 0.6) is 0 Å². The molecule has 2 aromatic rings. The van der Waals surface area contributed by atoms with E-state index in [2.05, 4.69) is 4.98 Å². The monoisotopic (exact) mass is 344 g/mol. The van der Waals surface area contributed by atoms with Gasteiger partial charge in [-0.1, -0.05) is 29.3 Å². The Balaban J connectivity index is 2.47. The van der Waals surface area contributed by atoms with Gasteiger partial charge < -0.3 is 9.30 Å². The van der Waals surface area contributed by atoms with Crippen LogP contribution in [0.1, 0.15) is 16.9 Å². The van der Waals surface area contributed by atoms with Gasteiger partial charge in [0.25, 0.3) is 0 Å². The lowest BCUT2D eigenvalue weighted by molar-refractivity contribution is -0.144. The standard InChI is InChI=1S/C14H14Cl2N2O2S/c1-20-14(19)12(18-6-5-17-8-18)13(21-2)10-4-3-9(15)7-11(10)16/h3-8,12-13H,1-2H3. The average molecular weight is 345 g/mol. The first-order valence-electron chi connectivity index (χ1n) is 6.11. The van der Waals surface area contributed by atoms with E-state index >= 15 is 0 Å². The number of esters is 1. The number of carbonyl (C=O) groups is 1. The molecule has 0 saturated heterocycles. The van der Waals surface area contributed by atoms with E-state index in [1.54, 1.807) is 35.4 Å². The predicted octanol–water partition coefficient (Wildman–Crippen LogP) is 4.01. The molecule has 4 nitrogen and oxygen atoms in total. The van der Waals surface area contributed by atoms with Crippen LogP contribution in [-0.2, 0) is 9.53 Å². The van der Waals surface area contributed by atoms with Crippen molar-refractivity contribution in [3.05, 3.63) is 52.5 Å². The van der Waals surface area contributed by atoms with Gasteiger partial charge in [-0.05, 0) is 24.0 Å². The smallest absolute Gasteiger partial charge is 0.330 e. The van der Waals surface area contributed by atoms with E-state index in [9.17, 15) is 4.79 Å². The normalized spacial score (nSPS) is 13.7. The molecule has 0 radical (unpaired) electrons. The van der Waals surface area contributed by atoms with Gasteiger partial charge in [-0.25, -0.2) is 9.78 Å². The summed E-state index contributed by atoms with van der Waals surface area (Å²) in [5, 5.41) is 0.869. The first-order chi connectivity index (χ1) is 10.1. The molecule has 0 amide bonds. The van der Waals surface area contributed by atoms with Crippen molar-refractivity contribution in [3.8, 4) is 0 Å². The van der Waals surface area contributed by atoms with Crippen LogP contribution in [0.25, 0.3) is 0 Å². The molecule has 7 heteroatoms. The predicted molar refractivity (Wildman–Crippen MR) is 86.0 cm³/mol. The van der Waals surface area contributed by atoms with Gasteiger partial charge in [-0.3, -0.25) is 0 Å². The summed E-state index contributed by atoms with van der Waals surface area (Å²) in [7, 11) is 1.37. The number of hydrogen-bond donors (Lipinski definition) is 0. The molecule has 0 bridgehead atoms. The maximum atomic E-state index is 12.2. The van der Waals surface area contributed by atoms with Crippen LogP contribution in [0.15, 0.2) is 36.9 Å². The minimum absolute atomic E-state index is 0.212. The Morgan fingerprint density at radius 3 is 2.71 bits per heavy atom. The largest absolute Gasteiger partial charge is 0.467 e. The van der Waals surface area contributed by atoms with Crippen LogP contribution < -0.4 is 0 Å². The van der Waals surface area contributed by atoms with Crippen molar-refractivity contribution >= 4 is 40.9 Å². The Bertz CT molecular complexity index is 619. The zero-order valence-electron chi connectivity index (χ0n) is 11.5. The number of methoxy groups -OCH3 is 1. The van der Waals surface area contributed by atoms with E-state index in [-0.39, 0.29) is 11.2 Å². The van der Waals surface area contributed by atoms with Crippen molar-refractivity contribution in [2.45, 2.75) is 11.3 Å². The van der Waals surface area contributed by atoms with Crippen LogP contribution in [0.2, 0.25) is 10.0 Å². The third-order valence-corrected chi connectivity index (χ3v) is 4.68. The fraction of sp³-hybridized carbons (Fsp3) is 0.286.